The van der Waals surface area contributed by atoms with Crippen LogP contribution >= 0.6 is 24.8 Å². The van der Waals surface area contributed by atoms with E-state index in [1.54, 1.807) is 24.5 Å². The van der Waals surface area contributed by atoms with Crippen LogP contribution in [-0.2, 0) is 0 Å². The maximum Gasteiger partial charge on any atom is 0.573 e. The average molecular weight is 410 g/mol. The Hall–Kier alpha value is -1.54. The van der Waals surface area contributed by atoms with Gasteiger partial charge in [0.2, 0.25) is 0 Å². The quantitative estimate of drug-likeness (QED) is 0.832. The second-order valence-electron chi connectivity index (χ2n) is 5.59. The number of alkyl halides is 3. The van der Waals surface area contributed by atoms with Crippen LogP contribution in [-0.4, -0.2) is 42.4 Å². The number of rotatable bonds is 4. The molecule has 0 aliphatic carbocycles. The van der Waals surface area contributed by atoms with Crippen molar-refractivity contribution in [2.24, 2.45) is 0 Å². The van der Waals surface area contributed by atoms with E-state index in [0.717, 1.165) is 37.3 Å². The van der Waals surface area contributed by atoms with Crippen LogP contribution in [0.1, 0.15) is 17.2 Å². The summed E-state index contributed by atoms with van der Waals surface area (Å²) >= 11 is 0. The van der Waals surface area contributed by atoms with E-state index in [0.29, 0.717) is 0 Å². The number of nitrogens with zero attached hydrogens (tertiary/aromatic N) is 2. The van der Waals surface area contributed by atoms with Gasteiger partial charge in [0.05, 0.1) is 6.04 Å². The topological polar surface area (TPSA) is 37.4 Å². The standard InChI is InChI=1S/C17H18F3N3O.2ClH/c18-17(19,20)24-15-3-1-13(2-4-15)16(14-5-7-21-8-6-14)23-11-9-22-10-12-23;;/h1-8,16,22H,9-12H2;2*1H/t16-;;/m1../s1. The highest BCUT2D eigenvalue weighted by molar-refractivity contribution is 5.85. The summed E-state index contributed by atoms with van der Waals surface area (Å²) < 4.78 is 40.9. The fourth-order valence-corrected chi connectivity index (χ4v) is 2.95. The molecule has 1 saturated heterocycles. The third kappa shape index (κ3) is 6.02. The lowest BCUT2D eigenvalue weighted by atomic mass is 9.97. The summed E-state index contributed by atoms with van der Waals surface area (Å²) in [5, 5.41) is 3.31. The average Bonchev–Trinajstić information content (AvgIpc) is 2.57. The summed E-state index contributed by atoms with van der Waals surface area (Å²) in [6.07, 6.45) is -1.22. The van der Waals surface area contributed by atoms with E-state index in [1.807, 2.05) is 12.1 Å². The lowest BCUT2D eigenvalue weighted by Gasteiger charge is -2.35. The highest BCUT2D eigenvalue weighted by Gasteiger charge is 2.31. The van der Waals surface area contributed by atoms with Gasteiger partial charge < -0.3 is 10.1 Å². The second kappa shape index (κ2) is 9.97. The molecule has 2 heterocycles. The van der Waals surface area contributed by atoms with Crippen LogP contribution in [0.15, 0.2) is 48.8 Å². The lowest BCUT2D eigenvalue weighted by Crippen LogP contribution is -2.45. The summed E-state index contributed by atoms with van der Waals surface area (Å²) in [4.78, 5) is 6.36. The van der Waals surface area contributed by atoms with Crippen LogP contribution in [0.4, 0.5) is 13.2 Å². The molecular formula is C17H20Cl2F3N3O. The third-order valence-electron chi connectivity index (χ3n) is 3.97. The Morgan fingerprint density at radius 3 is 2.00 bits per heavy atom. The second-order valence-corrected chi connectivity index (χ2v) is 5.59. The van der Waals surface area contributed by atoms with Crippen LogP contribution in [0, 0.1) is 0 Å². The molecule has 1 fully saturated rings. The number of ether oxygens (including phenoxy) is 1. The zero-order valence-electron chi connectivity index (χ0n) is 13.8. The maximum absolute atomic E-state index is 12.3. The van der Waals surface area contributed by atoms with Gasteiger partial charge in [-0.2, -0.15) is 0 Å². The van der Waals surface area contributed by atoms with Gasteiger partial charge in [-0.05, 0) is 35.4 Å². The fraction of sp³-hybridized carbons (Fsp3) is 0.353. The summed E-state index contributed by atoms with van der Waals surface area (Å²) in [6, 6.07) is 9.95. The molecule has 1 aliphatic rings. The molecule has 0 saturated carbocycles. The number of hydrogen-bond acceptors (Lipinski definition) is 4. The lowest BCUT2D eigenvalue weighted by molar-refractivity contribution is -0.274. The number of piperazine rings is 1. The van der Waals surface area contributed by atoms with Crippen LogP contribution in [0.2, 0.25) is 0 Å². The van der Waals surface area contributed by atoms with Crippen molar-refractivity contribution in [3.8, 4) is 5.75 Å². The molecule has 1 atom stereocenters. The third-order valence-corrected chi connectivity index (χ3v) is 3.97. The Morgan fingerprint density at radius 1 is 0.923 bits per heavy atom. The number of hydrogen-bond donors (Lipinski definition) is 1. The molecule has 3 rings (SSSR count). The van der Waals surface area contributed by atoms with Gasteiger partial charge in [0.25, 0.3) is 0 Å². The van der Waals surface area contributed by atoms with Crippen LogP contribution in [0.25, 0.3) is 0 Å². The van der Waals surface area contributed by atoms with Gasteiger partial charge in [0.1, 0.15) is 5.75 Å². The highest BCUT2D eigenvalue weighted by atomic mass is 35.5. The highest BCUT2D eigenvalue weighted by Crippen LogP contribution is 2.31. The van der Waals surface area contributed by atoms with Crippen LogP contribution < -0.4 is 10.1 Å². The predicted octanol–water partition coefficient (Wildman–Crippen LogP) is 3.82. The van der Waals surface area contributed by atoms with Gasteiger partial charge in [0, 0.05) is 38.6 Å². The minimum atomic E-state index is -4.68. The van der Waals surface area contributed by atoms with Crippen LogP contribution in [0.3, 0.4) is 0 Å². The molecule has 0 bridgehead atoms. The van der Waals surface area contributed by atoms with Crippen molar-refractivity contribution < 1.29 is 17.9 Å². The summed E-state index contributed by atoms with van der Waals surface area (Å²) in [5.41, 5.74) is 1.99. The van der Waals surface area contributed by atoms with Crippen LogP contribution in [0.5, 0.6) is 5.75 Å². The molecule has 1 aromatic heterocycles. The molecule has 1 aromatic carbocycles. The van der Waals surface area contributed by atoms with Gasteiger partial charge in [-0.15, -0.1) is 38.0 Å². The van der Waals surface area contributed by atoms with E-state index in [-0.39, 0.29) is 36.6 Å². The molecule has 1 N–H and O–H groups in total. The SMILES string of the molecule is Cl.Cl.FC(F)(F)Oc1ccc([C@H](c2ccncc2)N2CCNCC2)cc1. The Bertz CT molecular complexity index is 651. The summed E-state index contributed by atoms with van der Waals surface area (Å²) in [5.74, 6) is -0.208. The smallest absolute Gasteiger partial charge is 0.406 e. The Labute approximate surface area is 162 Å². The monoisotopic (exact) mass is 409 g/mol. The normalized spacial score (nSPS) is 16.1. The number of pyridine rings is 1. The molecule has 0 unspecified atom stereocenters. The Balaban J connectivity index is 0.00000169. The number of aromatic nitrogens is 1. The van der Waals surface area contributed by atoms with E-state index >= 15 is 0 Å². The molecule has 144 valence electrons. The van der Waals surface area contributed by atoms with Gasteiger partial charge in [-0.1, -0.05) is 12.1 Å². The predicted molar refractivity (Wildman–Crippen MR) is 98.1 cm³/mol. The summed E-state index contributed by atoms with van der Waals surface area (Å²) in [7, 11) is 0. The Kier molecular flexibility index (Phi) is 8.62. The first kappa shape index (κ1) is 22.5. The van der Waals surface area contributed by atoms with Crippen molar-refractivity contribution >= 4 is 24.8 Å². The molecular weight excluding hydrogens is 390 g/mol. The van der Waals surface area contributed by atoms with E-state index in [9.17, 15) is 13.2 Å². The van der Waals surface area contributed by atoms with Crippen molar-refractivity contribution in [2.45, 2.75) is 12.4 Å². The van der Waals surface area contributed by atoms with Gasteiger partial charge >= 0.3 is 6.36 Å². The maximum atomic E-state index is 12.3. The molecule has 2 aromatic rings. The molecule has 26 heavy (non-hydrogen) atoms. The van der Waals surface area contributed by atoms with E-state index in [4.69, 9.17) is 0 Å². The fourth-order valence-electron chi connectivity index (χ4n) is 2.95. The minimum Gasteiger partial charge on any atom is -0.406 e. The van der Waals surface area contributed by atoms with E-state index < -0.39 is 6.36 Å². The van der Waals surface area contributed by atoms with E-state index in [2.05, 4.69) is 19.9 Å². The molecule has 4 nitrogen and oxygen atoms in total. The first-order valence-corrected chi connectivity index (χ1v) is 7.73. The molecule has 0 spiro atoms. The zero-order valence-corrected chi connectivity index (χ0v) is 15.4. The van der Waals surface area contributed by atoms with Gasteiger partial charge in [0.15, 0.2) is 0 Å². The summed E-state index contributed by atoms with van der Waals surface area (Å²) in [6.45, 7) is 3.51. The zero-order chi connectivity index (χ0) is 17.0. The van der Waals surface area contributed by atoms with Gasteiger partial charge in [-0.25, -0.2) is 0 Å². The molecule has 0 radical (unpaired) electrons. The number of nitrogens with one attached hydrogen (secondary N) is 1. The largest absolute Gasteiger partial charge is 0.573 e. The van der Waals surface area contributed by atoms with Crippen molar-refractivity contribution in [2.75, 3.05) is 26.2 Å². The van der Waals surface area contributed by atoms with E-state index in [1.165, 1.54) is 12.1 Å². The van der Waals surface area contributed by atoms with Crippen molar-refractivity contribution in [3.05, 3.63) is 59.9 Å². The number of benzene rings is 1. The molecule has 9 heteroatoms. The molecule has 0 amide bonds. The first-order valence-electron chi connectivity index (χ1n) is 7.73. The van der Waals surface area contributed by atoms with Crippen molar-refractivity contribution in [1.82, 2.24) is 15.2 Å². The van der Waals surface area contributed by atoms with Crippen molar-refractivity contribution in [1.29, 1.82) is 0 Å². The first-order chi connectivity index (χ1) is 11.5. The minimum absolute atomic E-state index is 0. The number of halogens is 5. The van der Waals surface area contributed by atoms with Crippen molar-refractivity contribution in [3.63, 3.8) is 0 Å². The van der Waals surface area contributed by atoms with Gasteiger partial charge in [-0.3, -0.25) is 9.88 Å². The Morgan fingerprint density at radius 2 is 1.46 bits per heavy atom. The molecule has 1 aliphatic heterocycles.